The maximum absolute atomic E-state index is 3.64. The van der Waals surface area contributed by atoms with Crippen LogP contribution in [0.25, 0.3) is 0 Å². The van der Waals surface area contributed by atoms with Crippen molar-refractivity contribution in [1.82, 2.24) is 0 Å². The number of rotatable bonds is 4. The molecule has 0 saturated carbocycles. The van der Waals surface area contributed by atoms with E-state index in [0.717, 1.165) is 0 Å². The smallest absolute Gasteiger partial charge is 0.0462 e. The Labute approximate surface area is 118 Å². The molecule has 0 aliphatic heterocycles. The summed E-state index contributed by atoms with van der Waals surface area (Å²) < 4.78 is 0. The van der Waals surface area contributed by atoms with Gasteiger partial charge in [0.15, 0.2) is 0 Å². The van der Waals surface area contributed by atoms with E-state index in [1.807, 2.05) is 0 Å². The van der Waals surface area contributed by atoms with Gasteiger partial charge in [0.05, 0.1) is 0 Å². The molecule has 0 amide bonds. The second kappa shape index (κ2) is 6.51. The van der Waals surface area contributed by atoms with Gasteiger partial charge >= 0.3 is 0 Å². The molecule has 19 heavy (non-hydrogen) atoms. The summed E-state index contributed by atoms with van der Waals surface area (Å²) in [5.74, 6) is 0. The zero-order valence-corrected chi connectivity index (χ0v) is 13.8. The SMILES string of the molecule is CP(C)c1ccccc1Nc1ccccc1P(C)C. The Balaban J connectivity index is 2.37. The van der Waals surface area contributed by atoms with E-state index in [9.17, 15) is 0 Å². The number of anilines is 2. The first-order valence-corrected chi connectivity index (χ1v) is 10.9. The lowest BCUT2D eigenvalue weighted by Gasteiger charge is -2.18. The van der Waals surface area contributed by atoms with Crippen LogP contribution < -0.4 is 15.9 Å². The maximum atomic E-state index is 3.64. The van der Waals surface area contributed by atoms with Crippen molar-refractivity contribution < 1.29 is 0 Å². The van der Waals surface area contributed by atoms with Gasteiger partial charge in [-0.25, -0.2) is 0 Å². The van der Waals surface area contributed by atoms with Crippen molar-refractivity contribution in [3.8, 4) is 0 Å². The van der Waals surface area contributed by atoms with Gasteiger partial charge in [0.1, 0.15) is 0 Å². The third kappa shape index (κ3) is 3.56. The predicted molar refractivity (Wildman–Crippen MR) is 93.0 cm³/mol. The molecule has 0 aliphatic carbocycles. The summed E-state index contributed by atoms with van der Waals surface area (Å²) in [4.78, 5) is 0. The fourth-order valence-corrected chi connectivity index (χ4v) is 4.08. The van der Waals surface area contributed by atoms with Crippen LogP contribution in [-0.2, 0) is 0 Å². The lowest BCUT2D eigenvalue weighted by atomic mass is 10.2. The monoisotopic (exact) mass is 289 g/mol. The van der Waals surface area contributed by atoms with E-state index in [0.29, 0.717) is 0 Å². The van der Waals surface area contributed by atoms with Gasteiger partial charge in [0, 0.05) is 11.4 Å². The summed E-state index contributed by atoms with van der Waals surface area (Å²) in [7, 11) is -0.189. The van der Waals surface area contributed by atoms with Gasteiger partial charge in [0.25, 0.3) is 0 Å². The molecule has 0 radical (unpaired) electrons. The minimum Gasteiger partial charge on any atom is -0.354 e. The van der Waals surface area contributed by atoms with Crippen LogP contribution in [0.1, 0.15) is 0 Å². The number of hydrogen-bond donors (Lipinski definition) is 1. The molecule has 100 valence electrons. The van der Waals surface area contributed by atoms with Gasteiger partial charge in [-0.15, -0.1) is 0 Å². The van der Waals surface area contributed by atoms with E-state index >= 15 is 0 Å². The van der Waals surface area contributed by atoms with Crippen molar-refractivity contribution in [1.29, 1.82) is 0 Å². The number of benzene rings is 2. The number of para-hydroxylation sites is 2. The zero-order valence-electron chi connectivity index (χ0n) is 12.0. The zero-order chi connectivity index (χ0) is 13.8. The molecule has 0 bridgehead atoms. The summed E-state index contributed by atoms with van der Waals surface area (Å²) in [5, 5.41) is 6.50. The Kier molecular flexibility index (Phi) is 4.97. The number of nitrogens with one attached hydrogen (secondary N) is 1. The van der Waals surface area contributed by atoms with Crippen molar-refractivity contribution in [2.45, 2.75) is 0 Å². The van der Waals surface area contributed by atoms with E-state index in [1.54, 1.807) is 0 Å². The van der Waals surface area contributed by atoms with E-state index in [1.165, 1.54) is 22.0 Å². The van der Waals surface area contributed by atoms with Crippen molar-refractivity contribution in [3.05, 3.63) is 48.5 Å². The molecule has 0 aromatic heterocycles. The molecule has 2 aromatic rings. The molecule has 0 heterocycles. The average Bonchev–Trinajstić information content (AvgIpc) is 2.39. The Bertz CT molecular complexity index is 500. The Morgan fingerprint density at radius 1 is 0.632 bits per heavy atom. The van der Waals surface area contributed by atoms with Crippen molar-refractivity contribution in [2.75, 3.05) is 32.0 Å². The Morgan fingerprint density at radius 2 is 1.00 bits per heavy atom. The van der Waals surface area contributed by atoms with E-state index in [4.69, 9.17) is 0 Å². The average molecular weight is 289 g/mol. The molecule has 0 unspecified atom stereocenters. The lowest BCUT2D eigenvalue weighted by Crippen LogP contribution is -2.12. The van der Waals surface area contributed by atoms with Gasteiger partial charge in [-0.1, -0.05) is 52.2 Å². The van der Waals surface area contributed by atoms with Gasteiger partial charge < -0.3 is 5.32 Å². The second-order valence-corrected chi connectivity index (χ2v) is 9.49. The third-order valence-electron chi connectivity index (χ3n) is 3.04. The summed E-state index contributed by atoms with van der Waals surface area (Å²) in [6.45, 7) is 9.20. The lowest BCUT2D eigenvalue weighted by molar-refractivity contribution is 1.59. The molecule has 0 spiro atoms. The van der Waals surface area contributed by atoms with E-state index < -0.39 is 0 Å². The molecule has 0 aliphatic rings. The summed E-state index contributed by atoms with van der Waals surface area (Å²) in [6.07, 6.45) is 0. The highest BCUT2D eigenvalue weighted by atomic mass is 31.1. The molecule has 0 atom stereocenters. The van der Waals surface area contributed by atoms with Gasteiger partial charge in [-0.05, 0) is 49.4 Å². The largest absolute Gasteiger partial charge is 0.354 e. The fraction of sp³-hybridized carbons (Fsp3) is 0.250. The molecule has 0 saturated heterocycles. The Hall–Kier alpha value is -0.900. The Morgan fingerprint density at radius 3 is 1.37 bits per heavy atom. The standard InChI is InChI=1S/C16H21NP2/c1-18(2)15-11-7-5-9-13(15)17-14-10-6-8-12-16(14)19(3)4/h5-12,17H,1-4H3. The molecule has 2 aromatic carbocycles. The second-order valence-electron chi connectivity index (χ2n) is 4.95. The van der Waals surface area contributed by atoms with Gasteiger partial charge in [0.2, 0.25) is 0 Å². The van der Waals surface area contributed by atoms with E-state index in [2.05, 4.69) is 80.5 Å². The van der Waals surface area contributed by atoms with Crippen molar-refractivity contribution in [2.24, 2.45) is 0 Å². The molecule has 1 N–H and O–H groups in total. The first-order chi connectivity index (χ1) is 9.09. The molecule has 3 heteroatoms. The fourth-order valence-electron chi connectivity index (χ4n) is 2.08. The maximum Gasteiger partial charge on any atom is 0.0462 e. The van der Waals surface area contributed by atoms with Crippen LogP contribution in [0.2, 0.25) is 0 Å². The summed E-state index contributed by atoms with van der Waals surface area (Å²) >= 11 is 0. The minimum absolute atomic E-state index is 0.0947. The van der Waals surface area contributed by atoms with Gasteiger partial charge in [-0.2, -0.15) is 0 Å². The van der Waals surface area contributed by atoms with E-state index in [-0.39, 0.29) is 15.8 Å². The summed E-state index contributed by atoms with van der Waals surface area (Å²) in [5.41, 5.74) is 2.51. The highest BCUT2D eigenvalue weighted by Crippen LogP contribution is 2.32. The normalized spacial score (nSPS) is 11.1. The first-order valence-electron chi connectivity index (χ1n) is 6.39. The van der Waals surface area contributed by atoms with Crippen LogP contribution in [0.15, 0.2) is 48.5 Å². The topological polar surface area (TPSA) is 12.0 Å². The van der Waals surface area contributed by atoms with Gasteiger partial charge in [-0.3, -0.25) is 0 Å². The minimum atomic E-state index is -0.0947. The van der Waals surface area contributed by atoms with Crippen LogP contribution in [0.5, 0.6) is 0 Å². The van der Waals surface area contributed by atoms with Crippen LogP contribution >= 0.6 is 15.8 Å². The van der Waals surface area contributed by atoms with Crippen LogP contribution in [-0.4, -0.2) is 26.7 Å². The predicted octanol–water partition coefficient (Wildman–Crippen LogP) is 4.16. The molecular formula is C16H21NP2. The quantitative estimate of drug-likeness (QED) is 0.833. The molecule has 1 nitrogen and oxygen atoms in total. The molecule has 0 fully saturated rings. The highest BCUT2D eigenvalue weighted by Gasteiger charge is 2.09. The first kappa shape index (κ1) is 14.5. The number of hydrogen-bond acceptors (Lipinski definition) is 1. The summed E-state index contributed by atoms with van der Waals surface area (Å²) in [6, 6.07) is 17.3. The third-order valence-corrected chi connectivity index (χ3v) is 5.75. The molecular weight excluding hydrogens is 268 g/mol. The van der Waals surface area contributed by atoms with Crippen LogP contribution in [0.4, 0.5) is 11.4 Å². The van der Waals surface area contributed by atoms with Crippen LogP contribution in [0.3, 0.4) is 0 Å². The van der Waals surface area contributed by atoms with Crippen LogP contribution in [0, 0.1) is 0 Å². The van der Waals surface area contributed by atoms with Crippen molar-refractivity contribution in [3.63, 3.8) is 0 Å². The highest BCUT2D eigenvalue weighted by molar-refractivity contribution is 7.64. The van der Waals surface area contributed by atoms with Crippen molar-refractivity contribution >= 4 is 37.8 Å². The molecule has 2 rings (SSSR count).